The summed E-state index contributed by atoms with van der Waals surface area (Å²) in [6.07, 6.45) is 0. The van der Waals surface area contributed by atoms with E-state index < -0.39 is 0 Å². The first-order chi connectivity index (χ1) is 5.66. The second-order valence-corrected chi connectivity index (χ2v) is 3.36. The van der Waals surface area contributed by atoms with Gasteiger partial charge in [-0.25, -0.2) is 0 Å². The molecule has 0 aromatic rings. The third-order valence-corrected chi connectivity index (χ3v) is 2.29. The molecule has 0 radical (unpaired) electrons. The third-order valence-electron chi connectivity index (χ3n) is 2.29. The second-order valence-electron chi connectivity index (χ2n) is 3.36. The van der Waals surface area contributed by atoms with E-state index in [1.54, 1.807) is 0 Å². The van der Waals surface area contributed by atoms with Crippen molar-refractivity contribution in [2.75, 3.05) is 19.6 Å². The molecule has 2 atom stereocenters. The summed E-state index contributed by atoms with van der Waals surface area (Å²) in [7, 11) is 0. The number of carbonyl (C=O) groups excluding carboxylic acids is 1. The van der Waals surface area contributed by atoms with Gasteiger partial charge < -0.3 is 16.0 Å². The van der Waals surface area contributed by atoms with Crippen LogP contribution in [-0.2, 0) is 4.79 Å². The fourth-order valence-corrected chi connectivity index (χ4v) is 1.73. The van der Waals surface area contributed by atoms with Crippen molar-refractivity contribution in [2.24, 2.45) is 5.73 Å². The first-order valence-corrected chi connectivity index (χ1v) is 4.38. The molecule has 4 nitrogen and oxygen atoms in total. The van der Waals surface area contributed by atoms with Crippen molar-refractivity contribution in [1.29, 1.82) is 0 Å². The Kier molecular flexibility index (Phi) is 3.05. The quantitative estimate of drug-likeness (QED) is 0.540. The maximum absolute atomic E-state index is 11.4. The minimum Gasteiger partial charge on any atom is -0.334 e. The van der Waals surface area contributed by atoms with E-state index in [1.165, 1.54) is 0 Å². The van der Waals surface area contributed by atoms with Crippen molar-refractivity contribution in [3.8, 4) is 0 Å². The summed E-state index contributed by atoms with van der Waals surface area (Å²) in [6.45, 7) is 5.94. The lowest BCUT2D eigenvalue weighted by Gasteiger charge is -2.39. The Labute approximate surface area is 73.1 Å². The van der Waals surface area contributed by atoms with Gasteiger partial charge in [-0.3, -0.25) is 4.79 Å². The zero-order valence-corrected chi connectivity index (χ0v) is 7.71. The molecule has 0 unspecified atom stereocenters. The van der Waals surface area contributed by atoms with Crippen molar-refractivity contribution >= 4 is 5.91 Å². The molecule has 0 saturated carbocycles. The molecule has 1 rings (SSSR count). The largest absolute Gasteiger partial charge is 0.334 e. The van der Waals surface area contributed by atoms with Crippen molar-refractivity contribution < 1.29 is 4.79 Å². The van der Waals surface area contributed by atoms with E-state index in [0.29, 0.717) is 0 Å². The van der Waals surface area contributed by atoms with Gasteiger partial charge in [0.05, 0.1) is 6.54 Å². The molecule has 0 aromatic heterocycles. The number of hydrogen-bond donors (Lipinski definition) is 2. The zero-order valence-electron chi connectivity index (χ0n) is 7.71. The number of nitrogens with zero attached hydrogens (tertiary/aromatic N) is 1. The maximum atomic E-state index is 11.4. The van der Waals surface area contributed by atoms with Gasteiger partial charge in [0.15, 0.2) is 0 Å². The lowest BCUT2D eigenvalue weighted by atomic mass is 10.1. The van der Waals surface area contributed by atoms with Gasteiger partial charge in [-0.1, -0.05) is 0 Å². The normalized spacial score (nSPS) is 30.4. The fourth-order valence-electron chi connectivity index (χ4n) is 1.73. The maximum Gasteiger partial charge on any atom is 0.236 e. The molecule has 1 heterocycles. The first kappa shape index (κ1) is 9.48. The molecule has 12 heavy (non-hydrogen) atoms. The zero-order chi connectivity index (χ0) is 9.14. The van der Waals surface area contributed by atoms with Crippen LogP contribution in [0.3, 0.4) is 0 Å². The molecule has 0 bridgehead atoms. The number of piperazine rings is 1. The molecule has 3 N–H and O–H groups in total. The van der Waals surface area contributed by atoms with Gasteiger partial charge in [0.25, 0.3) is 0 Å². The average molecular weight is 171 g/mol. The van der Waals surface area contributed by atoms with Crippen molar-refractivity contribution in [1.82, 2.24) is 10.2 Å². The van der Waals surface area contributed by atoms with E-state index in [1.807, 2.05) is 18.7 Å². The third kappa shape index (κ3) is 1.76. The predicted molar refractivity (Wildman–Crippen MR) is 47.7 cm³/mol. The molecule has 1 aliphatic heterocycles. The van der Waals surface area contributed by atoms with Crippen molar-refractivity contribution in [3.05, 3.63) is 0 Å². The summed E-state index contributed by atoms with van der Waals surface area (Å²) in [6, 6.07) is 0.537. The molecule has 0 spiro atoms. The smallest absolute Gasteiger partial charge is 0.236 e. The standard InChI is InChI=1S/C8H17N3O/c1-6-4-10-5-7(2)11(6)8(12)3-9/h6-7,10H,3-5,9H2,1-2H3/t6-,7+. The minimum atomic E-state index is 0.0523. The Morgan fingerprint density at radius 1 is 1.50 bits per heavy atom. The van der Waals surface area contributed by atoms with Crippen LogP contribution in [0, 0.1) is 0 Å². The van der Waals surface area contributed by atoms with Gasteiger partial charge in [-0.05, 0) is 13.8 Å². The van der Waals surface area contributed by atoms with Gasteiger partial charge >= 0.3 is 0 Å². The number of rotatable bonds is 1. The Balaban J connectivity index is 2.62. The molecule has 0 aromatic carbocycles. The number of nitrogens with two attached hydrogens (primary N) is 1. The van der Waals surface area contributed by atoms with Crippen molar-refractivity contribution in [2.45, 2.75) is 25.9 Å². The highest BCUT2D eigenvalue weighted by atomic mass is 16.2. The molecule has 1 amide bonds. The summed E-state index contributed by atoms with van der Waals surface area (Å²) in [5, 5.41) is 3.26. The van der Waals surface area contributed by atoms with Crippen LogP contribution in [0.1, 0.15) is 13.8 Å². The van der Waals surface area contributed by atoms with Crippen LogP contribution >= 0.6 is 0 Å². The summed E-state index contributed by atoms with van der Waals surface area (Å²) >= 11 is 0. The monoisotopic (exact) mass is 171 g/mol. The van der Waals surface area contributed by atoms with E-state index >= 15 is 0 Å². The first-order valence-electron chi connectivity index (χ1n) is 4.38. The molecule has 1 fully saturated rings. The van der Waals surface area contributed by atoms with Crippen LogP contribution in [0.5, 0.6) is 0 Å². The van der Waals surface area contributed by atoms with Crippen LogP contribution in [0.2, 0.25) is 0 Å². The van der Waals surface area contributed by atoms with Crippen LogP contribution in [0.4, 0.5) is 0 Å². The van der Waals surface area contributed by atoms with Crippen LogP contribution < -0.4 is 11.1 Å². The number of amides is 1. The molecular weight excluding hydrogens is 154 g/mol. The van der Waals surface area contributed by atoms with Crippen molar-refractivity contribution in [3.63, 3.8) is 0 Å². The number of carbonyl (C=O) groups is 1. The summed E-state index contributed by atoms with van der Waals surface area (Å²) < 4.78 is 0. The molecule has 1 saturated heterocycles. The minimum absolute atomic E-state index is 0.0523. The topological polar surface area (TPSA) is 58.4 Å². The van der Waals surface area contributed by atoms with E-state index in [2.05, 4.69) is 5.32 Å². The highest BCUT2D eigenvalue weighted by molar-refractivity contribution is 5.78. The number of nitrogens with one attached hydrogen (secondary N) is 1. The van der Waals surface area contributed by atoms with Gasteiger partial charge in [0.2, 0.25) is 5.91 Å². The van der Waals surface area contributed by atoms with E-state index in [4.69, 9.17) is 5.73 Å². The van der Waals surface area contributed by atoms with Gasteiger partial charge in [0, 0.05) is 25.2 Å². The second kappa shape index (κ2) is 3.87. The highest BCUT2D eigenvalue weighted by Gasteiger charge is 2.27. The fraction of sp³-hybridized carbons (Fsp3) is 0.875. The van der Waals surface area contributed by atoms with Gasteiger partial charge in [0.1, 0.15) is 0 Å². The van der Waals surface area contributed by atoms with Gasteiger partial charge in [-0.2, -0.15) is 0 Å². The molecule has 4 heteroatoms. The Morgan fingerprint density at radius 2 is 2.00 bits per heavy atom. The van der Waals surface area contributed by atoms with E-state index in [-0.39, 0.29) is 24.5 Å². The Bertz CT molecular complexity index is 162. The summed E-state index contributed by atoms with van der Waals surface area (Å²) in [4.78, 5) is 13.2. The lowest BCUT2D eigenvalue weighted by Crippen LogP contribution is -2.58. The molecule has 1 aliphatic rings. The highest BCUT2D eigenvalue weighted by Crippen LogP contribution is 2.08. The van der Waals surface area contributed by atoms with Crippen LogP contribution in [0.15, 0.2) is 0 Å². The summed E-state index contributed by atoms with van der Waals surface area (Å²) in [5.74, 6) is 0.0523. The SMILES string of the molecule is C[C@@H]1CNC[C@H](C)N1C(=O)CN. The molecule has 70 valence electrons. The Hall–Kier alpha value is -0.610. The van der Waals surface area contributed by atoms with Crippen LogP contribution in [-0.4, -0.2) is 42.5 Å². The van der Waals surface area contributed by atoms with Gasteiger partial charge in [-0.15, -0.1) is 0 Å². The lowest BCUT2D eigenvalue weighted by molar-refractivity contribution is -0.134. The predicted octanol–water partition coefficient (Wildman–Crippen LogP) is -0.846. The van der Waals surface area contributed by atoms with E-state index in [0.717, 1.165) is 13.1 Å². The summed E-state index contributed by atoms with van der Waals surface area (Å²) in [5.41, 5.74) is 5.32. The number of hydrogen-bond acceptors (Lipinski definition) is 3. The molecular formula is C8H17N3O. The van der Waals surface area contributed by atoms with E-state index in [9.17, 15) is 4.79 Å². The Morgan fingerprint density at radius 3 is 2.42 bits per heavy atom. The average Bonchev–Trinajstić information content (AvgIpc) is 2.03. The van der Waals surface area contributed by atoms with Crippen LogP contribution in [0.25, 0.3) is 0 Å². The molecule has 0 aliphatic carbocycles.